The van der Waals surface area contributed by atoms with E-state index in [1.54, 1.807) is 36.4 Å². The van der Waals surface area contributed by atoms with Crippen LogP contribution in [0.2, 0.25) is 5.02 Å². The lowest BCUT2D eigenvalue weighted by molar-refractivity contribution is -0.384. The molecule has 168 valence electrons. The molecule has 7 nitrogen and oxygen atoms in total. The van der Waals surface area contributed by atoms with Crippen LogP contribution in [-0.2, 0) is 11.3 Å². The normalized spacial score (nSPS) is 11.3. The van der Waals surface area contributed by atoms with Crippen LogP contribution < -0.4 is 5.32 Å². The summed E-state index contributed by atoms with van der Waals surface area (Å²) < 4.78 is 1.98. The Labute approximate surface area is 200 Å². The zero-order chi connectivity index (χ0) is 24.2. The topological polar surface area (TPSA) is 101 Å². The van der Waals surface area contributed by atoms with Crippen LogP contribution in [0, 0.1) is 28.4 Å². The quantitative estimate of drug-likeness (QED) is 0.159. The lowest BCUT2D eigenvalue weighted by Gasteiger charge is -2.08. The molecule has 0 unspecified atom stereocenters. The van der Waals surface area contributed by atoms with Crippen molar-refractivity contribution in [2.24, 2.45) is 0 Å². The van der Waals surface area contributed by atoms with Crippen LogP contribution in [0.5, 0.6) is 0 Å². The first-order chi connectivity index (χ1) is 16.4. The van der Waals surface area contributed by atoms with Gasteiger partial charge in [0.1, 0.15) is 11.6 Å². The highest BCUT2D eigenvalue weighted by atomic mass is 35.5. The molecule has 0 aliphatic heterocycles. The van der Waals surface area contributed by atoms with Crippen molar-refractivity contribution in [1.29, 1.82) is 5.26 Å². The molecular weight excluding hydrogens is 452 g/mol. The molecule has 1 aromatic heterocycles. The summed E-state index contributed by atoms with van der Waals surface area (Å²) in [4.78, 5) is 23.3. The van der Waals surface area contributed by atoms with E-state index in [2.05, 4.69) is 5.32 Å². The number of hydrogen-bond donors (Lipinski definition) is 1. The van der Waals surface area contributed by atoms with Crippen molar-refractivity contribution < 1.29 is 9.72 Å². The zero-order valence-electron chi connectivity index (χ0n) is 18.2. The number of para-hydroxylation sites is 1. The van der Waals surface area contributed by atoms with E-state index < -0.39 is 10.8 Å². The number of aryl methyl sites for hydroxylation is 1. The molecule has 4 aromatic rings. The fourth-order valence-electron chi connectivity index (χ4n) is 3.66. The third-order valence-corrected chi connectivity index (χ3v) is 5.67. The van der Waals surface area contributed by atoms with Gasteiger partial charge in [0, 0.05) is 52.1 Å². The number of nitrogens with one attached hydrogen (secondary N) is 1. The van der Waals surface area contributed by atoms with E-state index in [0.717, 1.165) is 22.0 Å². The third-order valence-electron chi connectivity index (χ3n) is 5.43. The maximum atomic E-state index is 12.8. The zero-order valence-corrected chi connectivity index (χ0v) is 18.9. The molecule has 3 aromatic carbocycles. The number of fused-ring (bicyclic) bond motifs is 1. The Bertz CT molecular complexity index is 1480. The Morgan fingerprint density at radius 3 is 2.62 bits per heavy atom. The molecule has 1 N–H and O–H groups in total. The second kappa shape index (κ2) is 9.61. The number of halogens is 1. The second-order valence-electron chi connectivity index (χ2n) is 7.74. The highest BCUT2D eigenvalue weighted by molar-refractivity contribution is 6.31. The van der Waals surface area contributed by atoms with Gasteiger partial charge < -0.3 is 9.88 Å². The van der Waals surface area contributed by atoms with Gasteiger partial charge in [0.2, 0.25) is 0 Å². The van der Waals surface area contributed by atoms with Gasteiger partial charge in [-0.15, -0.1) is 0 Å². The van der Waals surface area contributed by atoms with Crippen LogP contribution in [0.3, 0.4) is 0 Å². The number of nitro groups is 1. The monoisotopic (exact) mass is 470 g/mol. The van der Waals surface area contributed by atoms with E-state index in [-0.39, 0.29) is 11.3 Å². The SMILES string of the molecule is Cc1ccc(Cl)cc1NC(=O)C(C#N)=Cc1cn(Cc2ccc([N+](=O)[O-])cc2)c2ccccc12. The van der Waals surface area contributed by atoms with E-state index in [1.165, 1.54) is 12.1 Å². The van der Waals surface area contributed by atoms with E-state index in [9.17, 15) is 20.2 Å². The maximum Gasteiger partial charge on any atom is 0.269 e. The first kappa shape index (κ1) is 22.8. The molecule has 0 aliphatic carbocycles. The number of nitro benzene ring substituents is 1. The van der Waals surface area contributed by atoms with Gasteiger partial charge in [0.25, 0.3) is 11.6 Å². The molecule has 34 heavy (non-hydrogen) atoms. The average molecular weight is 471 g/mol. The van der Waals surface area contributed by atoms with Gasteiger partial charge in [-0.3, -0.25) is 14.9 Å². The summed E-state index contributed by atoms with van der Waals surface area (Å²) in [6, 6.07) is 21.2. The van der Waals surface area contributed by atoms with Gasteiger partial charge in [-0.1, -0.05) is 48.0 Å². The number of carbonyl (C=O) groups excluding carboxylic acids is 1. The minimum atomic E-state index is -0.528. The second-order valence-corrected chi connectivity index (χ2v) is 8.17. The number of benzene rings is 3. The van der Waals surface area contributed by atoms with Gasteiger partial charge >= 0.3 is 0 Å². The number of rotatable bonds is 6. The van der Waals surface area contributed by atoms with Crippen LogP contribution in [-0.4, -0.2) is 15.4 Å². The number of anilines is 1. The highest BCUT2D eigenvalue weighted by Gasteiger charge is 2.14. The summed E-state index contributed by atoms with van der Waals surface area (Å²) in [7, 11) is 0. The Hall–Kier alpha value is -4.41. The number of nitriles is 1. The van der Waals surface area contributed by atoms with Crippen molar-refractivity contribution in [3.8, 4) is 6.07 Å². The fraction of sp³-hybridized carbons (Fsp3) is 0.0769. The van der Waals surface area contributed by atoms with Crippen LogP contribution in [0.15, 0.2) is 78.5 Å². The van der Waals surface area contributed by atoms with Crippen molar-refractivity contribution in [3.63, 3.8) is 0 Å². The molecule has 0 saturated heterocycles. The van der Waals surface area contributed by atoms with E-state index in [4.69, 9.17) is 11.6 Å². The molecule has 0 atom stereocenters. The fourth-order valence-corrected chi connectivity index (χ4v) is 3.84. The van der Waals surface area contributed by atoms with Crippen molar-refractivity contribution in [3.05, 3.63) is 110 Å². The van der Waals surface area contributed by atoms with Crippen molar-refractivity contribution in [2.45, 2.75) is 13.5 Å². The standard InChI is InChI=1S/C26H19ClN4O3/c1-17-6-9-21(27)13-24(17)29-26(32)19(14-28)12-20-16-30(25-5-3-2-4-23(20)25)15-18-7-10-22(11-8-18)31(33)34/h2-13,16H,15H2,1H3,(H,29,32). The van der Waals surface area contributed by atoms with E-state index in [0.29, 0.717) is 22.8 Å². The molecule has 1 amide bonds. The summed E-state index contributed by atoms with van der Waals surface area (Å²) in [6.45, 7) is 2.32. The number of nitrogens with zero attached hydrogens (tertiary/aromatic N) is 3. The van der Waals surface area contributed by atoms with Crippen LogP contribution in [0.25, 0.3) is 17.0 Å². The summed E-state index contributed by atoms with van der Waals surface area (Å²) in [6.07, 6.45) is 3.42. The number of carbonyl (C=O) groups is 1. The molecule has 4 rings (SSSR count). The molecule has 0 saturated carbocycles. The van der Waals surface area contributed by atoms with Crippen LogP contribution >= 0.6 is 11.6 Å². The summed E-state index contributed by atoms with van der Waals surface area (Å²) in [5.74, 6) is -0.528. The third kappa shape index (κ3) is 4.82. The first-order valence-electron chi connectivity index (χ1n) is 10.4. The Morgan fingerprint density at radius 1 is 1.18 bits per heavy atom. The van der Waals surface area contributed by atoms with Gasteiger partial charge in [0.05, 0.1) is 4.92 Å². The molecule has 0 aliphatic rings. The lowest BCUT2D eigenvalue weighted by Crippen LogP contribution is -2.14. The molecule has 0 fully saturated rings. The largest absolute Gasteiger partial charge is 0.342 e. The first-order valence-corrected chi connectivity index (χ1v) is 10.7. The van der Waals surface area contributed by atoms with Gasteiger partial charge in [-0.25, -0.2) is 0 Å². The average Bonchev–Trinajstić information content (AvgIpc) is 3.17. The van der Waals surface area contributed by atoms with Gasteiger partial charge in [-0.05, 0) is 42.3 Å². The maximum absolute atomic E-state index is 12.8. The Balaban J connectivity index is 1.67. The summed E-state index contributed by atoms with van der Waals surface area (Å²) in [5.41, 5.74) is 3.87. The summed E-state index contributed by atoms with van der Waals surface area (Å²) in [5, 5.41) is 24.7. The number of aromatic nitrogens is 1. The van der Waals surface area contributed by atoms with E-state index in [1.807, 2.05) is 48.0 Å². The minimum absolute atomic E-state index is 0.0318. The molecule has 0 radical (unpaired) electrons. The predicted molar refractivity (Wildman–Crippen MR) is 133 cm³/mol. The summed E-state index contributed by atoms with van der Waals surface area (Å²) >= 11 is 6.04. The smallest absolute Gasteiger partial charge is 0.269 e. The van der Waals surface area contributed by atoms with Crippen LogP contribution in [0.4, 0.5) is 11.4 Å². The molecule has 8 heteroatoms. The van der Waals surface area contributed by atoms with Gasteiger partial charge in [0.15, 0.2) is 0 Å². The Morgan fingerprint density at radius 2 is 1.91 bits per heavy atom. The molecular formula is C26H19ClN4O3. The lowest BCUT2D eigenvalue weighted by atomic mass is 10.1. The minimum Gasteiger partial charge on any atom is -0.342 e. The van der Waals surface area contributed by atoms with Crippen molar-refractivity contribution in [2.75, 3.05) is 5.32 Å². The molecule has 1 heterocycles. The van der Waals surface area contributed by atoms with Crippen molar-refractivity contribution in [1.82, 2.24) is 4.57 Å². The highest BCUT2D eigenvalue weighted by Crippen LogP contribution is 2.26. The predicted octanol–water partition coefficient (Wildman–Crippen LogP) is 6.11. The van der Waals surface area contributed by atoms with E-state index >= 15 is 0 Å². The van der Waals surface area contributed by atoms with Crippen molar-refractivity contribution >= 4 is 45.9 Å². The molecule has 0 spiro atoms. The molecule has 0 bridgehead atoms. The Kier molecular flexibility index (Phi) is 6.44. The number of non-ortho nitro benzene ring substituents is 1. The number of amides is 1. The number of hydrogen-bond acceptors (Lipinski definition) is 4. The van der Waals surface area contributed by atoms with Gasteiger partial charge in [-0.2, -0.15) is 5.26 Å². The van der Waals surface area contributed by atoms with Crippen LogP contribution in [0.1, 0.15) is 16.7 Å².